The van der Waals surface area contributed by atoms with Gasteiger partial charge in [0.25, 0.3) is 0 Å². The van der Waals surface area contributed by atoms with E-state index in [-0.39, 0.29) is 5.97 Å². The van der Waals surface area contributed by atoms with Crippen LogP contribution >= 0.6 is 0 Å². The first-order valence-electron chi connectivity index (χ1n) is 4.46. The van der Waals surface area contributed by atoms with Gasteiger partial charge in [-0.3, -0.25) is 0 Å². The van der Waals surface area contributed by atoms with E-state index in [0.29, 0.717) is 17.9 Å². The summed E-state index contributed by atoms with van der Waals surface area (Å²) in [5.74, 6) is 1.21. The number of carbonyl (C=O) groups excluding carboxylic acids is 1. The summed E-state index contributed by atoms with van der Waals surface area (Å²) >= 11 is 0. The lowest BCUT2D eigenvalue weighted by atomic mass is 10.0. The summed E-state index contributed by atoms with van der Waals surface area (Å²) < 4.78 is 10.0. The van der Waals surface area contributed by atoms with Crippen LogP contribution in [0.2, 0.25) is 0 Å². The predicted octanol–water partition coefficient (Wildman–Crippen LogP) is 1.49. The Balaban J connectivity index is 2.35. The smallest absolute Gasteiger partial charge is 0.333 e. The van der Waals surface area contributed by atoms with E-state index < -0.39 is 0 Å². The molecule has 0 fully saturated rings. The third-order valence-electron chi connectivity index (χ3n) is 2.21. The minimum atomic E-state index is -0.281. The average molecular weight is 193 g/mol. The van der Waals surface area contributed by atoms with Crippen LogP contribution in [0.1, 0.15) is 23.8 Å². The Morgan fingerprint density at radius 3 is 3.07 bits per heavy atom. The molecule has 0 saturated carbocycles. The van der Waals surface area contributed by atoms with Gasteiger partial charge >= 0.3 is 5.97 Å². The van der Waals surface area contributed by atoms with E-state index >= 15 is 0 Å². The number of methoxy groups -OCH3 is 1. The van der Waals surface area contributed by atoms with Gasteiger partial charge in [0.2, 0.25) is 0 Å². The molecule has 1 aromatic rings. The first kappa shape index (κ1) is 8.99. The molecule has 0 aromatic carbocycles. The fourth-order valence-corrected chi connectivity index (χ4v) is 1.55. The number of esters is 1. The molecule has 0 radical (unpaired) electrons. The van der Waals surface area contributed by atoms with Gasteiger partial charge in [-0.25, -0.2) is 9.78 Å². The summed E-state index contributed by atoms with van der Waals surface area (Å²) in [5, 5.41) is 0. The SMILES string of the molecule is COC(=O)C1=Cc2nc(C)oc2CC1. The maximum Gasteiger partial charge on any atom is 0.333 e. The van der Waals surface area contributed by atoms with Crippen LogP contribution in [0, 0.1) is 6.92 Å². The van der Waals surface area contributed by atoms with Crippen molar-refractivity contribution in [2.45, 2.75) is 19.8 Å². The van der Waals surface area contributed by atoms with Gasteiger partial charge in [-0.05, 0) is 12.5 Å². The van der Waals surface area contributed by atoms with Gasteiger partial charge in [0, 0.05) is 18.9 Å². The zero-order chi connectivity index (χ0) is 10.1. The zero-order valence-corrected chi connectivity index (χ0v) is 8.16. The lowest BCUT2D eigenvalue weighted by Crippen LogP contribution is -2.09. The Hall–Kier alpha value is -1.58. The number of nitrogens with zero attached hydrogens (tertiary/aromatic N) is 1. The number of aryl methyl sites for hydroxylation is 2. The molecule has 0 spiro atoms. The number of oxazole rings is 1. The summed E-state index contributed by atoms with van der Waals surface area (Å²) in [5.41, 5.74) is 1.42. The summed E-state index contributed by atoms with van der Waals surface area (Å²) in [6.45, 7) is 1.80. The van der Waals surface area contributed by atoms with Crippen LogP contribution < -0.4 is 0 Å². The number of carbonyl (C=O) groups is 1. The molecule has 2 rings (SSSR count). The van der Waals surface area contributed by atoms with Crippen molar-refractivity contribution in [3.63, 3.8) is 0 Å². The summed E-state index contributed by atoms with van der Waals surface area (Å²) in [6.07, 6.45) is 3.12. The van der Waals surface area contributed by atoms with E-state index in [1.807, 2.05) is 0 Å². The van der Waals surface area contributed by atoms with Crippen LogP contribution in [0.15, 0.2) is 9.99 Å². The molecule has 4 nitrogen and oxygen atoms in total. The second-order valence-corrected chi connectivity index (χ2v) is 3.20. The highest BCUT2D eigenvalue weighted by Crippen LogP contribution is 2.24. The van der Waals surface area contributed by atoms with Crippen molar-refractivity contribution in [2.75, 3.05) is 7.11 Å². The number of rotatable bonds is 1. The number of ether oxygens (including phenoxy) is 1. The molecule has 1 aliphatic carbocycles. The average Bonchev–Trinajstić information content (AvgIpc) is 2.55. The maximum absolute atomic E-state index is 11.2. The highest BCUT2D eigenvalue weighted by atomic mass is 16.5. The van der Waals surface area contributed by atoms with E-state index in [0.717, 1.165) is 17.9 Å². The maximum atomic E-state index is 11.2. The molecular weight excluding hydrogens is 182 g/mol. The lowest BCUT2D eigenvalue weighted by Gasteiger charge is -2.08. The fraction of sp³-hybridized carbons (Fsp3) is 0.400. The van der Waals surface area contributed by atoms with Gasteiger partial charge < -0.3 is 9.15 Å². The monoisotopic (exact) mass is 193 g/mol. The summed E-state index contributed by atoms with van der Waals surface area (Å²) in [7, 11) is 1.38. The van der Waals surface area contributed by atoms with Crippen LogP contribution in [0.5, 0.6) is 0 Å². The number of fused-ring (bicyclic) bond motifs is 1. The van der Waals surface area contributed by atoms with Crippen LogP contribution in [0.4, 0.5) is 0 Å². The van der Waals surface area contributed by atoms with Crippen LogP contribution in [-0.4, -0.2) is 18.1 Å². The Bertz CT molecular complexity index is 403. The van der Waals surface area contributed by atoms with E-state index in [2.05, 4.69) is 9.72 Å². The summed E-state index contributed by atoms with van der Waals surface area (Å²) in [6, 6.07) is 0. The second-order valence-electron chi connectivity index (χ2n) is 3.20. The number of hydrogen-bond acceptors (Lipinski definition) is 4. The Morgan fingerprint density at radius 1 is 1.57 bits per heavy atom. The standard InChI is InChI=1S/C10H11NO3/c1-6-11-8-5-7(10(12)13-2)3-4-9(8)14-6/h5H,3-4H2,1-2H3. The van der Waals surface area contributed by atoms with Crippen molar-refractivity contribution in [1.29, 1.82) is 0 Å². The Morgan fingerprint density at radius 2 is 2.36 bits per heavy atom. The number of aromatic nitrogens is 1. The number of hydrogen-bond donors (Lipinski definition) is 0. The van der Waals surface area contributed by atoms with Gasteiger partial charge in [0.1, 0.15) is 11.5 Å². The van der Waals surface area contributed by atoms with Crippen molar-refractivity contribution in [2.24, 2.45) is 0 Å². The first-order valence-corrected chi connectivity index (χ1v) is 4.46. The molecule has 0 aliphatic heterocycles. The molecule has 1 heterocycles. The molecule has 0 atom stereocenters. The molecule has 0 saturated heterocycles. The van der Waals surface area contributed by atoms with Gasteiger partial charge in [-0.2, -0.15) is 0 Å². The van der Waals surface area contributed by atoms with Crippen molar-refractivity contribution < 1.29 is 13.9 Å². The van der Waals surface area contributed by atoms with E-state index in [9.17, 15) is 4.79 Å². The van der Waals surface area contributed by atoms with Crippen LogP contribution in [-0.2, 0) is 16.0 Å². The van der Waals surface area contributed by atoms with Crippen molar-refractivity contribution >= 4 is 12.0 Å². The fourth-order valence-electron chi connectivity index (χ4n) is 1.55. The highest BCUT2D eigenvalue weighted by Gasteiger charge is 2.20. The Kier molecular flexibility index (Phi) is 2.11. The lowest BCUT2D eigenvalue weighted by molar-refractivity contribution is -0.136. The van der Waals surface area contributed by atoms with E-state index in [1.165, 1.54) is 7.11 Å². The van der Waals surface area contributed by atoms with Gasteiger partial charge in [0.15, 0.2) is 5.89 Å². The molecule has 74 valence electrons. The summed E-state index contributed by atoms with van der Waals surface area (Å²) in [4.78, 5) is 15.4. The molecule has 0 amide bonds. The quantitative estimate of drug-likeness (QED) is 0.634. The Labute approximate surface area is 81.6 Å². The molecule has 0 unspecified atom stereocenters. The minimum absolute atomic E-state index is 0.281. The molecular formula is C10H11NO3. The minimum Gasteiger partial charge on any atom is -0.466 e. The molecule has 14 heavy (non-hydrogen) atoms. The van der Waals surface area contributed by atoms with Crippen molar-refractivity contribution in [3.05, 3.63) is 22.9 Å². The van der Waals surface area contributed by atoms with Gasteiger partial charge in [0.05, 0.1) is 7.11 Å². The van der Waals surface area contributed by atoms with E-state index in [4.69, 9.17) is 4.42 Å². The highest BCUT2D eigenvalue weighted by molar-refractivity contribution is 5.94. The second kappa shape index (κ2) is 3.29. The van der Waals surface area contributed by atoms with E-state index in [1.54, 1.807) is 13.0 Å². The molecule has 1 aliphatic rings. The molecule has 0 bridgehead atoms. The van der Waals surface area contributed by atoms with Gasteiger partial charge in [-0.1, -0.05) is 0 Å². The van der Waals surface area contributed by atoms with Crippen molar-refractivity contribution in [3.8, 4) is 0 Å². The molecule has 0 N–H and O–H groups in total. The van der Waals surface area contributed by atoms with Gasteiger partial charge in [-0.15, -0.1) is 0 Å². The van der Waals surface area contributed by atoms with Crippen LogP contribution in [0.25, 0.3) is 6.08 Å². The molecule has 4 heteroatoms. The topological polar surface area (TPSA) is 52.3 Å². The van der Waals surface area contributed by atoms with Crippen LogP contribution in [0.3, 0.4) is 0 Å². The third kappa shape index (κ3) is 1.43. The third-order valence-corrected chi connectivity index (χ3v) is 2.21. The first-order chi connectivity index (χ1) is 6.70. The predicted molar refractivity (Wildman–Crippen MR) is 49.6 cm³/mol. The normalized spacial score (nSPS) is 14.6. The zero-order valence-electron chi connectivity index (χ0n) is 8.16. The largest absolute Gasteiger partial charge is 0.466 e. The van der Waals surface area contributed by atoms with Crippen molar-refractivity contribution in [1.82, 2.24) is 4.98 Å². The molecule has 1 aromatic heterocycles.